The fraction of sp³-hybridized carbons (Fsp3) is 0.600. The molecule has 2 fully saturated rings. The zero-order valence-electron chi connectivity index (χ0n) is 11.1. The van der Waals surface area contributed by atoms with Gasteiger partial charge in [-0.1, -0.05) is 22.0 Å². The number of halogens is 2. The van der Waals surface area contributed by atoms with E-state index in [1.807, 2.05) is 12.1 Å². The summed E-state index contributed by atoms with van der Waals surface area (Å²) < 4.78 is 14.7. The number of hydrogen-bond acceptors (Lipinski definition) is 2. The van der Waals surface area contributed by atoms with Gasteiger partial charge in [-0.05, 0) is 51.0 Å². The normalized spacial score (nSPS) is 25.3. The Hall–Kier alpha value is -0.450. The highest BCUT2D eigenvalue weighted by Gasteiger charge is 2.28. The predicted octanol–water partition coefficient (Wildman–Crippen LogP) is 3.26. The van der Waals surface area contributed by atoms with Crippen molar-refractivity contribution >= 4 is 15.9 Å². The van der Waals surface area contributed by atoms with Crippen LogP contribution >= 0.6 is 15.9 Å². The quantitative estimate of drug-likeness (QED) is 0.823. The molecule has 0 N–H and O–H groups in total. The number of nitrogens with zero attached hydrogens (tertiary/aromatic N) is 2. The largest absolute Gasteiger partial charge is 0.299 e. The third-order valence-corrected chi connectivity index (χ3v) is 4.79. The number of rotatable bonds is 2. The maximum Gasteiger partial charge on any atom is 0.128 e. The first kappa shape index (κ1) is 13.5. The van der Waals surface area contributed by atoms with Gasteiger partial charge in [0.05, 0.1) is 0 Å². The van der Waals surface area contributed by atoms with Crippen molar-refractivity contribution in [2.24, 2.45) is 0 Å². The lowest BCUT2D eigenvalue weighted by Gasteiger charge is -2.25. The van der Waals surface area contributed by atoms with Crippen LogP contribution < -0.4 is 0 Å². The van der Waals surface area contributed by atoms with Gasteiger partial charge in [-0.2, -0.15) is 0 Å². The van der Waals surface area contributed by atoms with Gasteiger partial charge in [0, 0.05) is 29.2 Å². The standard InChI is InChI=1S/C15H20BrFN2/c16-13-5-4-12(15(17)9-13)10-18-6-2-8-19-7-1-3-14(19)11-18/h4-5,9,14H,1-3,6-8,10-11H2/t14-/m0/s1. The summed E-state index contributed by atoms with van der Waals surface area (Å²) in [5.41, 5.74) is 0.814. The molecule has 0 amide bonds. The lowest BCUT2D eigenvalue weighted by molar-refractivity contribution is 0.214. The van der Waals surface area contributed by atoms with E-state index in [1.54, 1.807) is 6.07 Å². The first-order chi connectivity index (χ1) is 9.22. The Balaban J connectivity index is 1.68. The van der Waals surface area contributed by atoms with Gasteiger partial charge in [-0.15, -0.1) is 0 Å². The summed E-state index contributed by atoms with van der Waals surface area (Å²) in [6.07, 6.45) is 3.83. The number of fused-ring (bicyclic) bond motifs is 1. The number of hydrogen-bond donors (Lipinski definition) is 0. The molecular weight excluding hydrogens is 307 g/mol. The Kier molecular flexibility index (Phi) is 4.20. The monoisotopic (exact) mass is 326 g/mol. The van der Waals surface area contributed by atoms with E-state index in [4.69, 9.17) is 0 Å². The van der Waals surface area contributed by atoms with E-state index >= 15 is 0 Å². The second-order valence-corrected chi connectivity index (χ2v) is 6.57. The molecule has 2 nitrogen and oxygen atoms in total. The molecule has 1 aromatic rings. The fourth-order valence-electron chi connectivity index (χ4n) is 3.32. The minimum absolute atomic E-state index is 0.0955. The summed E-state index contributed by atoms with van der Waals surface area (Å²) in [4.78, 5) is 5.03. The van der Waals surface area contributed by atoms with Gasteiger partial charge in [0.15, 0.2) is 0 Å². The average Bonchev–Trinajstić information content (AvgIpc) is 2.72. The average molecular weight is 327 g/mol. The molecule has 19 heavy (non-hydrogen) atoms. The molecule has 0 aliphatic carbocycles. The molecule has 0 aromatic heterocycles. The van der Waals surface area contributed by atoms with Crippen molar-refractivity contribution in [2.45, 2.75) is 31.8 Å². The predicted molar refractivity (Wildman–Crippen MR) is 78.6 cm³/mol. The van der Waals surface area contributed by atoms with E-state index in [1.165, 1.54) is 32.4 Å². The van der Waals surface area contributed by atoms with Crippen LogP contribution in [0.4, 0.5) is 4.39 Å². The first-order valence-electron chi connectivity index (χ1n) is 7.13. The summed E-state index contributed by atoms with van der Waals surface area (Å²) in [5.74, 6) is -0.0955. The van der Waals surface area contributed by atoms with Crippen molar-refractivity contribution in [3.63, 3.8) is 0 Å². The Morgan fingerprint density at radius 2 is 2.05 bits per heavy atom. The zero-order chi connectivity index (χ0) is 13.2. The second kappa shape index (κ2) is 5.90. The van der Waals surface area contributed by atoms with Gasteiger partial charge in [0.25, 0.3) is 0 Å². The van der Waals surface area contributed by atoms with E-state index in [0.717, 1.165) is 29.7 Å². The van der Waals surface area contributed by atoms with Crippen molar-refractivity contribution < 1.29 is 4.39 Å². The van der Waals surface area contributed by atoms with Crippen LogP contribution in [0, 0.1) is 5.82 Å². The van der Waals surface area contributed by atoms with Crippen LogP contribution in [0.3, 0.4) is 0 Å². The second-order valence-electron chi connectivity index (χ2n) is 5.66. The molecule has 3 rings (SSSR count). The smallest absolute Gasteiger partial charge is 0.128 e. The van der Waals surface area contributed by atoms with Crippen LogP contribution in [0.2, 0.25) is 0 Å². The van der Waals surface area contributed by atoms with Gasteiger partial charge < -0.3 is 0 Å². The van der Waals surface area contributed by atoms with Crippen LogP contribution in [0.25, 0.3) is 0 Å². The molecule has 0 bridgehead atoms. The summed E-state index contributed by atoms with van der Waals surface area (Å²) in [6, 6.07) is 6.09. The molecule has 4 heteroatoms. The molecule has 104 valence electrons. The van der Waals surface area contributed by atoms with Crippen LogP contribution in [0.15, 0.2) is 22.7 Å². The molecule has 1 atom stereocenters. The summed E-state index contributed by atoms with van der Waals surface area (Å²) in [5, 5.41) is 0. The molecule has 0 saturated carbocycles. The number of benzene rings is 1. The zero-order valence-corrected chi connectivity index (χ0v) is 12.7. The third kappa shape index (κ3) is 3.18. The van der Waals surface area contributed by atoms with E-state index in [9.17, 15) is 4.39 Å². The Morgan fingerprint density at radius 3 is 2.89 bits per heavy atom. The highest BCUT2D eigenvalue weighted by molar-refractivity contribution is 9.10. The van der Waals surface area contributed by atoms with Crippen LogP contribution in [0.1, 0.15) is 24.8 Å². The molecule has 1 aromatic carbocycles. The van der Waals surface area contributed by atoms with Gasteiger partial charge in [0.1, 0.15) is 5.82 Å². The molecular formula is C15H20BrFN2. The van der Waals surface area contributed by atoms with Crippen LogP contribution in [-0.4, -0.2) is 42.0 Å². The molecule has 2 aliphatic rings. The van der Waals surface area contributed by atoms with Crippen LogP contribution in [0.5, 0.6) is 0 Å². The van der Waals surface area contributed by atoms with Crippen molar-refractivity contribution in [2.75, 3.05) is 26.2 Å². The maximum atomic E-state index is 13.9. The van der Waals surface area contributed by atoms with Crippen molar-refractivity contribution in [3.8, 4) is 0 Å². The van der Waals surface area contributed by atoms with E-state index < -0.39 is 0 Å². The molecule has 0 radical (unpaired) electrons. The maximum absolute atomic E-state index is 13.9. The van der Waals surface area contributed by atoms with Crippen molar-refractivity contribution in [3.05, 3.63) is 34.1 Å². The topological polar surface area (TPSA) is 6.48 Å². The fourth-order valence-corrected chi connectivity index (χ4v) is 3.65. The summed E-state index contributed by atoms with van der Waals surface area (Å²) >= 11 is 3.31. The van der Waals surface area contributed by atoms with Crippen molar-refractivity contribution in [1.29, 1.82) is 0 Å². The third-order valence-electron chi connectivity index (χ3n) is 4.30. The lowest BCUT2D eigenvalue weighted by Crippen LogP contribution is -2.36. The Bertz CT molecular complexity index is 452. The van der Waals surface area contributed by atoms with Gasteiger partial charge in [0.2, 0.25) is 0 Å². The Morgan fingerprint density at radius 1 is 1.21 bits per heavy atom. The highest BCUT2D eigenvalue weighted by Crippen LogP contribution is 2.23. The van der Waals surface area contributed by atoms with Gasteiger partial charge in [-0.3, -0.25) is 9.80 Å². The minimum atomic E-state index is -0.0955. The van der Waals surface area contributed by atoms with Crippen molar-refractivity contribution in [1.82, 2.24) is 9.80 Å². The summed E-state index contributed by atoms with van der Waals surface area (Å²) in [7, 11) is 0. The molecule has 2 saturated heterocycles. The van der Waals surface area contributed by atoms with Crippen LogP contribution in [-0.2, 0) is 6.54 Å². The van der Waals surface area contributed by atoms with E-state index in [0.29, 0.717) is 6.04 Å². The first-order valence-corrected chi connectivity index (χ1v) is 7.92. The molecule has 2 heterocycles. The minimum Gasteiger partial charge on any atom is -0.299 e. The molecule has 2 aliphatic heterocycles. The SMILES string of the molecule is Fc1cc(Br)ccc1CN1CCCN2CCC[C@H]2C1. The molecule has 0 unspecified atom stereocenters. The molecule has 0 spiro atoms. The summed E-state index contributed by atoms with van der Waals surface area (Å²) in [6.45, 7) is 5.39. The lowest BCUT2D eigenvalue weighted by atomic mass is 10.1. The van der Waals surface area contributed by atoms with Gasteiger partial charge >= 0.3 is 0 Å². The van der Waals surface area contributed by atoms with E-state index in [2.05, 4.69) is 25.7 Å². The highest BCUT2D eigenvalue weighted by atomic mass is 79.9. The van der Waals surface area contributed by atoms with E-state index in [-0.39, 0.29) is 5.82 Å². The van der Waals surface area contributed by atoms with Gasteiger partial charge in [-0.25, -0.2) is 4.39 Å². The Labute approximate surface area is 122 Å².